The molecule has 8 heteroatoms. The zero-order chi connectivity index (χ0) is 17.3. The summed E-state index contributed by atoms with van der Waals surface area (Å²) < 4.78 is 14.4. The lowest BCUT2D eigenvalue weighted by molar-refractivity contribution is -0.384. The first kappa shape index (κ1) is 15.3. The molecule has 0 bridgehead atoms. The van der Waals surface area contributed by atoms with Gasteiger partial charge in [0.1, 0.15) is 5.82 Å². The fourth-order valence-corrected chi connectivity index (χ4v) is 2.35. The summed E-state index contributed by atoms with van der Waals surface area (Å²) in [5, 5.41) is 20.0. The number of hydrogen-bond acceptors (Lipinski definition) is 5. The number of rotatable bonds is 3. The summed E-state index contributed by atoms with van der Waals surface area (Å²) in [5.41, 5.74) is 0.214. The molecular weight excluding hydrogens is 315 g/mol. The van der Waals surface area contributed by atoms with Gasteiger partial charge in [0.15, 0.2) is 0 Å². The first-order valence-electron chi connectivity index (χ1n) is 6.81. The molecule has 1 aromatic heterocycles. The lowest BCUT2D eigenvalue weighted by Gasteiger charge is -2.08. The van der Waals surface area contributed by atoms with E-state index >= 15 is 0 Å². The summed E-state index contributed by atoms with van der Waals surface area (Å²) in [7, 11) is 0. The molecule has 0 radical (unpaired) electrons. The Morgan fingerprint density at radius 1 is 1.29 bits per heavy atom. The van der Waals surface area contributed by atoms with E-state index in [1.165, 1.54) is 35.2 Å². The van der Waals surface area contributed by atoms with Crippen LogP contribution in [0.4, 0.5) is 10.1 Å². The van der Waals surface area contributed by atoms with Gasteiger partial charge in [-0.3, -0.25) is 19.5 Å². The zero-order valence-corrected chi connectivity index (χ0v) is 12.1. The number of non-ortho nitro benzene ring substituents is 1. The first-order valence-corrected chi connectivity index (χ1v) is 6.81. The van der Waals surface area contributed by atoms with E-state index in [-0.39, 0.29) is 23.2 Å². The Balaban J connectivity index is 2.11. The maximum Gasteiger partial charge on any atom is 0.270 e. The molecule has 0 aliphatic heterocycles. The van der Waals surface area contributed by atoms with Gasteiger partial charge < -0.3 is 0 Å². The van der Waals surface area contributed by atoms with Crippen LogP contribution in [0.25, 0.3) is 10.9 Å². The molecule has 7 nitrogen and oxygen atoms in total. The van der Waals surface area contributed by atoms with Crippen LogP contribution in [0.1, 0.15) is 11.1 Å². The third-order valence-electron chi connectivity index (χ3n) is 3.55. The molecule has 0 spiro atoms. The van der Waals surface area contributed by atoms with Gasteiger partial charge in [-0.25, -0.2) is 9.37 Å². The van der Waals surface area contributed by atoms with Crippen LogP contribution in [-0.4, -0.2) is 14.5 Å². The molecular formula is C16H9FN4O3. The second-order valence-electron chi connectivity index (χ2n) is 5.05. The van der Waals surface area contributed by atoms with Crippen molar-refractivity contribution in [1.29, 1.82) is 5.26 Å². The molecule has 2 aromatic carbocycles. The Hall–Kier alpha value is -3.60. The third kappa shape index (κ3) is 2.70. The molecule has 0 unspecified atom stereocenters. The van der Waals surface area contributed by atoms with Gasteiger partial charge in [-0.15, -0.1) is 0 Å². The third-order valence-corrected chi connectivity index (χ3v) is 3.55. The Morgan fingerprint density at radius 3 is 2.79 bits per heavy atom. The van der Waals surface area contributed by atoms with Crippen molar-refractivity contribution in [3.05, 3.63) is 80.1 Å². The van der Waals surface area contributed by atoms with Gasteiger partial charge in [0.2, 0.25) is 0 Å². The molecule has 0 atom stereocenters. The summed E-state index contributed by atoms with van der Waals surface area (Å²) in [6, 6.07) is 9.40. The van der Waals surface area contributed by atoms with Crippen molar-refractivity contribution in [2.75, 3.05) is 0 Å². The fourth-order valence-electron chi connectivity index (χ4n) is 2.35. The fraction of sp³-hybridized carbons (Fsp3) is 0.0625. The zero-order valence-electron chi connectivity index (χ0n) is 12.1. The first-order chi connectivity index (χ1) is 11.5. The predicted molar refractivity (Wildman–Crippen MR) is 82.9 cm³/mol. The highest BCUT2D eigenvalue weighted by Gasteiger charge is 2.12. The Bertz CT molecular complexity index is 1070. The molecule has 0 saturated carbocycles. The van der Waals surface area contributed by atoms with Crippen LogP contribution >= 0.6 is 0 Å². The van der Waals surface area contributed by atoms with Crippen LogP contribution in [0.3, 0.4) is 0 Å². The highest BCUT2D eigenvalue weighted by Crippen LogP contribution is 2.17. The molecule has 0 aliphatic rings. The molecule has 0 saturated heterocycles. The topological polar surface area (TPSA) is 102 Å². The normalized spacial score (nSPS) is 10.5. The monoisotopic (exact) mass is 324 g/mol. The summed E-state index contributed by atoms with van der Waals surface area (Å²) in [6.45, 7) is 0.00758. The second-order valence-corrected chi connectivity index (χ2v) is 5.05. The number of nitro groups is 1. The standard InChI is InChI=1S/C16H9FN4O3/c17-12-2-1-10(11(5-12)7-18)8-20-9-19-15-4-3-13(21(23)24)6-14(15)16(20)22/h1-6,9H,8H2. The van der Waals surface area contributed by atoms with E-state index in [0.717, 1.165) is 12.1 Å². The predicted octanol–water partition coefficient (Wildman–Crippen LogP) is 2.36. The van der Waals surface area contributed by atoms with E-state index in [1.807, 2.05) is 6.07 Å². The largest absolute Gasteiger partial charge is 0.294 e. The number of aromatic nitrogens is 2. The molecule has 3 rings (SSSR count). The second kappa shape index (κ2) is 5.89. The van der Waals surface area contributed by atoms with Crippen LogP contribution in [0.2, 0.25) is 0 Å². The van der Waals surface area contributed by atoms with Gasteiger partial charge in [0.25, 0.3) is 11.2 Å². The number of nitro benzene ring substituents is 1. The summed E-state index contributed by atoms with van der Waals surface area (Å²) in [4.78, 5) is 26.9. The van der Waals surface area contributed by atoms with Gasteiger partial charge in [0.05, 0.1) is 40.3 Å². The highest BCUT2D eigenvalue weighted by atomic mass is 19.1. The van der Waals surface area contributed by atoms with Gasteiger partial charge in [-0.1, -0.05) is 6.07 Å². The van der Waals surface area contributed by atoms with Crippen molar-refractivity contribution < 1.29 is 9.31 Å². The number of nitrogens with zero attached hydrogens (tertiary/aromatic N) is 4. The molecule has 0 aliphatic carbocycles. The van der Waals surface area contributed by atoms with Crippen LogP contribution in [0, 0.1) is 27.3 Å². The highest BCUT2D eigenvalue weighted by molar-refractivity contribution is 5.79. The minimum atomic E-state index is -0.593. The van der Waals surface area contributed by atoms with Gasteiger partial charge >= 0.3 is 0 Å². The van der Waals surface area contributed by atoms with Crippen molar-refractivity contribution >= 4 is 16.6 Å². The summed E-state index contributed by atoms with van der Waals surface area (Å²) in [6.07, 6.45) is 1.29. The van der Waals surface area contributed by atoms with E-state index in [9.17, 15) is 19.3 Å². The van der Waals surface area contributed by atoms with Crippen LogP contribution < -0.4 is 5.56 Å². The van der Waals surface area contributed by atoms with E-state index < -0.39 is 16.3 Å². The summed E-state index contributed by atoms with van der Waals surface area (Å²) in [5.74, 6) is -0.546. The molecule has 24 heavy (non-hydrogen) atoms. The Labute approximate surface area is 134 Å². The van der Waals surface area contributed by atoms with E-state index in [2.05, 4.69) is 4.98 Å². The quantitative estimate of drug-likeness (QED) is 0.543. The number of nitriles is 1. The summed E-state index contributed by atoms with van der Waals surface area (Å²) >= 11 is 0. The molecule has 0 N–H and O–H groups in total. The SMILES string of the molecule is N#Cc1cc(F)ccc1Cn1cnc2ccc([N+](=O)[O-])cc2c1=O. The minimum Gasteiger partial charge on any atom is -0.294 e. The Morgan fingerprint density at radius 2 is 2.08 bits per heavy atom. The molecule has 3 aromatic rings. The number of halogens is 1. The van der Waals surface area contributed by atoms with Gasteiger partial charge in [-0.2, -0.15) is 5.26 Å². The van der Waals surface area contributed by atoms with Crippen molar-refractivity contribution in [2.45, 2.75) is 6.54 Å². The van der Waals surface area contributed by atoms with Crippen LogP contribution in [-0.2, 0) is 6.54 Å². The molecule has 0 fully saturated rings. The maximum absolute atomic E-state index is 13.2. The van der Waals surface area contributed by atoms with Crippen molar-refractivity contribution in [3.63, 3.8) is 0 Å². The van der Waals surface area contributed by atoms with Crippen molar-refractivity contribution in [2.24, 2.45) is 0 Å². The minimum absolute atomic E-state index is 0.00758. The van der Waals surface area contributed by atoms with Crippen molar-refractivity contribution in [3.8, 4) is 6.07 Å². The molecule has 118 valence electrons. The van der Waals surface area contributed by atoms with Gasteiger partial charge in [0, 0.05) is 12.1 Å². The van der Waals surface area contributed by atoms with Crippen molar-refractivity contribution in [1.82, 2.24) is 9.55 Å². The lowest BCUT2D eigenvalue weighted by atomic mass is 10.1. The number of hydrogen-bond donors (Lipinski definition) is 0. The number of fused-ring (bicyclic) bond motifs is 1. The van der Waals surface area contributed by atoms with E-state index in [4.69, 9.17) is 5.26 Å². The van der Waals surface area contributed by atoms with E-state index in [1.54, 1.807) is 0 Å². The van der Waals surface area contributed by atoms with Crippen LogP contribution in [0.15, 0.2) is 47.5 Å². The van der Waals surface area contributed by atoms with Gasteiger partial charge in [-0.05, 0) is 23.8 Å². The number of benzene rings is 2. The average molecular weight is 324 g/mol. The maximum atomic E-state index is 13.2. The molecule has 1 heterocycles. The van der Waals surface area contributed by atoms with Crippen LogP contribution in [0.5, 0.6) is 0 Å². The molecule has 0 amide bonds. The lowest BCUT2D eigenvalue weighted by Crippen LogP contribution is -2.21. The smallest absolute Gasteiger partial charge is 0.270 e. The van der Waals surface area contributed by atoms with E-state index in [0.29, 0.717) is 11.1 Å². The Kier molecular flexibility index (Phi) is 3.75. The average Bonchev–Trinajstić information content (AvgIpc) is 2.58.